The van der Waals surface area contributed by atoms with E-state index in [1.165, 1.54) is 32.5 Å². The average molecular weight is 470 g/mol. The summed E-state index contributed by atoms with van der Waals surface area (Å²) >= 11 is 0. The van der Waals surface area contributed by atoms with Gasteiger partial charge < -0.3 is 19.5 Å². The van der Waals surface area contributed by atoms with Crippen LogP contribution in [0.4, 0.5) is 5.69 Å². The van der Waals surface area contributed by atoms with Crippen LogP contribution in [-0.2, 0) is 10.0 Å². The zero-order valence-electron chi connectivity index (χ0n) is 18.1. The van der Waals surface area contributed by atoms with Crippen LogP contribution in [0.25, 0.3) is 0 Å². The lowest BCUT2D eigenvalue weighted by Gasteiger charge is -2.13. The molecule has 0 spiro atoms. The van der Waals surface area contributed by atoms with E-state index in [4.69, 9.17) is 14.2 Å². The third-order valence-electron chi connectivity index (χ3n) is 4.90. The van der Waals surface area contributed by atoms with Gasteiger partial charge in [-0.3, -0.25) is 9.52 Å². The summed E-state index contributed by atoms with van der Waals surface area (Å²) in [6.07, 6.45) is 3.48. The molecule has 2 N–H and O–H groups in total. The van der Waals surface area contributed by atoms with Gasteiger partial charge in [0.1, 0.15) is 22.1 Å². The van der Waals surface area contributed by atoms with Crippen LogP contribution >= 0.6 is 0 Å². The van der Waals surface area contributed by atoms with Crippen molar-refractivity contribution >= 4 is 21.6 Å². The van der Waals surface area contributed by atoms with Crippen molar-refractivity contribution in [1.82, 2.24) is 10.3 Å². The number of carbonyl (C=O) groups excluding carboxylic acids is 1. The van der Waals surface area contributed by atoms with Crippen LogP contribution in [0.1, 0.15) is 23.2 Å². The van der Waals surface area contributed by atoms with Gasteiger partial charge in [0, 0.05) is 30.1 Å². The van der Waals surface area contributed by atoms with Crippen LogP contribution in [-0.4, -0.2) is 39.6 Å². The minimum Gasteiger partial charge on any atom is -0.497 e. The number of sulfonamides is 1. The van der Waals surface area contributed by atoms with Crippen molar-refractivity contribution in [2.24, 2.45) is 0 Å². The fraction of sp³-hybridized carbons (Fsp3) is 0.217. The Labute approximate surface area is 191 Å². The number of hydrogen-bond donors (Lipinski definition) is 2. The molecule has 1 aliphatic rings. The number of hydrogen-bond acceptors (Lipinski definition) is 7. The van der Waals surface area contributed by atoms with Crippen LogP contribution in [0.5, 0.6) is 23.1 Å². The predicted octanol–water partition coefficient (Wildman–Crippen LogP) is 3.58. The van der Waals surface area contributed by atoms with Crippen molar-refractivity contribution in [2.75, 3.05) is 18.9 Å². The Balaban J connectivity index is 1.42. The topological polar surface area (TPSA) is 116 Å². The summed E-state index contributed by atoms with van der Waals surface area (Å²) in [6, 6.07) is 14.4. The molecule has 2 aromatic carbocycles. The van der Waals surface area contributed by atoms with Crippen molar-refractivity contribution in [3.05, 3.63) is 66.4 Å². The van der Waals surface area contributed by atoms with Crippen LogP contribution in [0.15, 0.2) is 65.7 Å². The first-order valence-electron chi connectivity index (χ1n) is 10.2. The number of nitrogens with zero attached hydrogens (tertiary/aromatic N) is 1. The van der Waals surface area contributed by atoms with Gasteiger partial charge in [0.2, 0.25) is 5.88 Å². The minimum atomic E-state index is -3.92. The Bertz CT molecular complexity index is 1240. The number of aromatic nitrogens is 1. The van der Waals surface area contributed by atoms with E-state index < -0.39 is 10.0 Å². The summed E-state index contributed by atoms with van der Waals surface area (Å²) in [7, 11) is -1.07. The number of methoxy groups -OCH3 is 2. The molecule has 0 atom stereocenters. The van der Waals surface area contributed by atoms with E-state index in [1.54, 1.807) is 42.5 Å². The molecule has 1 saturated carbocycles. The lowest BCUT2D eigenvalue weighted by Crippen LogP contribution is -2.25. The Morgan fingerprint density at radius 3 is 2.30 bits per heavy atom. The second-order valence-corrected chi connectivity index (χ2v) is 9.03. The number of nitrogens with one attached hydrogen (secondary N) is 2. The van der Waals surface area contributed by atoms with Gasteiger partial charge in [0.25, 0.3) is 15.9 Å². The number of anilines is 1. The van der Waals surface area contributed by atoms with Crippen LogP contribution in [0.2, 0.25) is 0 Å². The summed E-state index contributed by atoms with van der Waals surface area (Å²) in [5, 5.41) is 2.90. The maximum absolute atomic E-state index is 12.9. The van der Waals surface area contributed by atoms with Gasteiger partial charge in [-0.25, -0.2) is 13.4 Å². The molecule has 1 fully saturated rings. The number of benzene rings is 2. The van der Waals surface area contributed by atoms with Gasteiger partial charge in [0.15, 0.2) is 0 Å². The predicted molar refractivity (Wildman–Crippen MR) is 122 cm³/mol. The summed E-state index contributed by atoms with van der Waals surface area (Å²) < 4.78 is 44.2. The summed E-state index contributed by atoms with van der Waals surface area (Å²) in [6.45, 7) is 0. The molecule has 0 unspecified atom stereocenters. The zero-order valence-corrected chi connectivity index (χ0v) is 18.9. The first kappa shape index (κ1) is 22.4. The molecule has 1 amide bonds. The SMILES string of the molecule is COc1ccc(OC)c(S(=O)(=O)Nc2ccc(Oc3ccc(C(=O)NC4CC4)cn3)cc2)c1. The Morgan fingerprint density at radius 2 is 1.70 bits per heavy atom. The Morgan fingerprint density at radius 1 is 0.970 bits per heavy atom. The van der Waals surface area contributed by atoms with Crippen molar-refractivity contribution < 1.29 is 27.4 Å². The lowest BCUT2D eigenvalue weighted by molar-refractivity contribution is 0.0950. The lowest BCUT2D eigenvalue weighted by atomic mass is 10.2. The normalized spacial score (nSPS) is 13.2. The second kappa shape index (κ2) is 9.37. The maximum Gasteiger partial charge on any atom is 0.265 e. The molecule has 3 aromatic rings. The molecule has 4 rings (SSSR count). The van der Waals surface area contributed by atoms with Gasteiger partial charge >= 0.3 is 0 Å². The Kier molecular flexibility index (Phi) is 6.36. The molecule has 0 aliphatic heterocycles. The molecule has 0 bridgehead atoms. The molecule has 172 valence electrons. The van der Waals surface area contributed by atoms with E-state index in [0.29, 0.717) is 28.6 Å². The molecule has 1 aromatic heterocycles. The molecule has 9 nitrogen and oxygen atoms in total. The number of rotatable bonds is 9. The smallest absolute Gasteiger partial charge is 0.265 e. The van der Waals surface area contributed by atoms with Gasteiger partial charge in [-0.1, -0.05) is 0 Å². The highest BCUT2D eigenvalue weighted by molar-refractivity contribution is 7.92. The van der Waals surface area contributed by atoms with E-state index in [1.807, 2.05) is 0 Å². The van der Waals surface area contributed by atoms with E-state index in [0.717, 1.165) is 12.8 Å². The Hall–Kier alpha value is -3.79. The first-order chi connectivity index (χ1) is 15.9. The fourth-order valence-electron chi connectivity index (χ4n) is 2.99. The quantitative estimate of drug-likeness (QED) is 0.492. The largest absolute Gasteiger partial charge is 0.497 e. The van der Waals surface area contributed by atoms with Crippen molar-refractivity contribution in [3.63, 3.8) is 0 Å². The summed E-state index contributed by atoms with van der Waals surface area (Å²) in [5.41, 5.74) is 0.805. The van der Waals surface area contributed by atoms with Crippen molar-refractivity contribution in [3.8, 4) is 23.1 Å². The van der Waals surface area contributed by atoms with E-state index in [-0.39, 0.29) is 22.6 Å². The first-order valence-corrected chi connectivity index (χ1v) is 11.7. The monoisotopic (exact) mass is 469 g/mol. The highest BCUT2D eigenvalue weighted by Gasteiger charge is 2.24. The van der Waals surface area contributed by atoms with E-state index in [9.17, 15) is 13.2 Å². The number of pyridine rings is 1. The molecular weight excluding hydrogens is 446 g/mol. The fourth-order valence-corrected chi connectivity index (χ4v) is 4.23. The molecule has 0 radical (unpaired) electrons. The molecule has 33 heavy (non-hydrogen) atoms. The molecule has 1 heterocycles. The molecule has 0 saturated heterocycles. The highest BCUT2D eigenvalue weighted by atomic mass is 32.2. The van der Waals surface area contributed by atoms with Gasteiger partial charge in [0.05, 0.1) is 19.8 Å². The molecule has 10 heteroatoms. The van der Waals surface area contributed by atoms with Crippen LogP contribution in [0.3, 0.4) is 0 Å². The summed E-state index contributed by atoms with van der Waals surface area (Å²) in [4.78, 5) is 16.1. The zero-order chi connectivity index (χ0) is 23.4. The highest BCUT2D eigenvalue weighted by Crippen LogP contribution is 2.30. The van der Waals surface area contributed by atoms with Crippen LogP contribution in [0, 0.1) is 0 Å². The number of ether oxygens (including phenoxy) is 3. The van der Waals surface area contributed by atoms with Crippen LogP contribution < -0.4 is 24.2 Å². The minimum absolute atomic E-state index is 0.0420. The van der Waals surface area contributed by atoms with Gasteiger partial charge in [-0.15, -0.1) is 0 Å². The maximum atomic E-state index is 12.9. The van der Waals surface area contributed by atoms with Crippen molar-refractivity contribution in [2.45, 2.75) is 23.8 Å². The van der Waals surface area contributed by atoms with E-state index in [2.05, 4.69) is 15.0 Å². The van der Waals surface area contributed by atoms with Crippen molar-refractivity contribution in [1.29, 1.82) is 0 Å². The second-order valence-electron chi connectivity index (χ2n) is 7.38. The standard InChI is InChI=1S/C23H23N3O6S/c1-30-19-10-11-20(31-2)21(13-19)33(28,29)26-17-6-8-18(9-7-17)32-22-12-3-15(14-24-22)23(27)25-16-4-5-16/h3,6-14,16,26H,4-5H2,1-2H3,(H,25,27). The molecule has 1 aliphatic carbocycles. The van der Waals surface area contributed by atoms with Gasteiger partial charge in [-0.2, -0.15) is 0 Å². The molecular formula is C23H23N3O6S. The third-order valence-corrected chi connectivity index (χ3v) is 6.30. The average Bonchev–Trinajstić information content (AvgIpc) is 3.64. The number of carbonyl (C=O) groups is 1. The number of amides is 1. The summed E-state index contributed by atoms with van der Waals surface area (Å²) in [5.74, 6) is 1.21. The van der Waals surface area contributed by atoms with Gasteiger partial charge in [-0.05, 0) is 55.3 Å². The van der Waals surface area contributed by atoms with E-state index >= 15 is 0 Å². The third kappa shape index (κ3) is 5.53.